The van der Waals surface area contributed by atoms with E-state index < -0.39 is 0 Å². The lowest BCUT2D eigenvalue weighted by Gasteiger charge is -2.15. The quantitative estimate of drug-likeness (QED) is 0.869. The molecule has 0 atom stereocenters. The molecule has 102 valence electrons. The van der Waals surface area contributed by atoms with Crippen molar-refractivity contribution in [2.45, 2.75) is 37.7 Å². The van der Waals surface area contributed by atoms with E-state index in [2.05, 4.69) is 30.9 Å². The van der Waals surface area contributed by atoms with Gasteiger partial charge in [-0.05, 0) is 17.7 Å². The van der Waals surface area contributed by atoms with Crippen molar-refractivity contribution in [2.75, 3.05) is 5.73 Å². The molecule has 0 radical (unpaired) electrons. The van der Waals surface area contributed by atoms with E-state index in [0.717, 1.165) is 22.8 Å². The third kappa shape index (κ3) is 4.59. The van der Waals surface area contributed by atoms with Gasteiger partial charge in [0.2, 0.25) is 5.89 Å². The van der Waals surface area contributed by atoms with Gasteiger partial charge in [0, 0.05) is 10.4 Å². The fraction of sp³-hybridized carbons (Fsp3) is 0.429. The first kappa shape index (κ1) is 13.9. The van der Waals surface area contributed by atoms with Crippen LogP contribution in [0, 0.1) is 0 Å². The van der Waals surface area contributed by atoms with Crippen LogP contribution in [0.5, 0.6) is 0 Å². The van der Waals surface area contributed by atoms with Gasteiger partial charge < -0.3 is 10.3 Å². The highest BCUT2D eigenvalue weighted by Gasteiger charge is 2.14. The minimum Gasteiger partial charge on any atom is -0.399 e. The van der Waals surface area contributed by atoms with E-state index in [0.29, 0.717) is 12.3 Å². The first-order valence-electron chi connectivity index (χ1n) is 6.22. The topological polar surface area (TPSA) is 64.9 Å². The highest BCUT2D eigenvalue weighted by atomic mass is 32.2. The van der Waals surface area contributed by atoms with Crippen LogP contribution >= 0.6 is 11.8 Å². The predicted molar refractivity (Wildman–Crippen MR) is 79.0 cm³/mol. The van der Waals surface area contributed by atoms with Gasteiger partial charge >= 0.3 is 0 Å². The summed E-state index contributed by atoms with van der Waals surface area (Å²) in [6, 6.07) is 7.70. The number of nitrogen functional groups attached to an aromatic ring is 1. The summed E-state index contributed by atoms with van der Waals surface area (Å²) in [6.07, 6.45) is 0.646. The Morgan fingerprint density at radius 2 is 1.89 bits per heavy atom. The molecule has 4 nitrogen and oxygen atoms in total. The van der Waals surface area contributed by atoms with E-state index >= 15 is 0 Å². The minimum atomic E-state index is 0.206. The van der Waals surface area contributed by atoms with Crippen molar-refractivity contribution in [3.63, 3.8) is 0 Å². The fourth-order valence-electron chi connectivity index (χ4n) is 1.51. The molecule has 0 saturated heterocycles. The molecule has 0 aliphatic rings. The predicted octanol–water partition coefficient (Wildman–Crippen LogP) is 3.27. The molecule has 0 unspecified atom stereocenters. The average molecular weight is 277 g/mol. The minimum absolute atomic E-state index is 0.206. The zero-order chi connectivity index (χ0) is 13.9. The monoisotopic (exact) mass is 277 g/mol. The van der Waals surface area contributed by atoms with E-state index in [1.807, 2.05) is 24.3 Å². The average Bonchev–Trinajstić information content (AvgIpc) is 2.77. The molecule has 0 aliphatic carbocycles. The van der Waals surface area contributed by atoms with Crippen molar-refractivity contribution in [2.24, 2.45) is 0 Å². The van der Waals surface area contributed by atoms with Gasteiger partial charge in [-0.25, -0.2) is 0 Å². The maximum absolute atomic E-state index is 5.65. The van der Waals surface area contributed by atoms with Gasteiger partial charge in [0.15, 0.2) is 5.82 Å². The van der Waals surface area contributed by atoms with Crippen LogP contribution in [0.2, 0.25) is 0 Å². The molecule has 19 heavy (non-hydrogen) atoms. The summed E-state index contributed by atoms with van der Waals surface area (Å²) in [7, 11) is 0. The van der Waals surface area contributed by atoms with Gasteiger partial charge in [-0.15, -0.1) is 11.8 Å². The summed E-state index contributed by atoms with van der Waals surface area (Å²) in [5.74, 6) is 2.18. The van der Waals surface area contributed by atoms with E-state index in [-0.39, 0.29) is 4.75 Å². The second kappa shape index (κ2) is 5.65. The molecular weight excluding hydrogens is 258 g/mol. The Balaban J connectivity index is 1.95. The number of anilines is 1. The Bertz CT molecular complexity index is 528. The lowest BCUT2D eigenvalue weighted by Crippen LogP contribution is -2.07. The van der Waals surface area contributed by atoms with Crippen molar-refractivity contribution in [3.8, 4) is 0 Å². The van der Waals surface area contributed by atoms with Crippen LogP contribution in [0.3, 0.4) is 0 Å². The van der Waals surface area contributed by atoms with Gasteiger partial charge in [-0.1, -0.05) is 38.1 Å². The molecule has 2 rings (SSSR count). The number of benzene rings is 1. The number of nitrogens with two attached hydrogens (primary N) is 1. The smallest absolute Gasteiger partial charge is 0.231 e. The highest BCUT2D eigenvalue weighted by molar-refractivity contribution is 7.99. The number of aromatic nitrogens is 2. The number of nitrogens with zero attached hydrogens (tertiary/aromatic N) is 2. The Morgan fingerprint density at radius 1 is 1.21 bits per heavy atom. The van der Waals surface area contributed by atoms with E-state index in [1.165, 1.54) is 0 Å². The van der Waals surface area contributed by atoms with Crippen LogP contribution in [0.15, 0.2) is 28.8 Å². The third-order valence-corrected chi connectivity index (χ3v) is 3.75. The first-order valence-corrected chi connectivity index (χ1v) is 7.21. The molecule has 2 aromatic rings. The SMILES string of the molecule is CC(C)(C)SCc1noc(Cc2ccc(N)cc2)n1. The van der Waals surface area contributed by atoms with Crippen molar-refractivity contribution < 1.29 is 4.52 Å². The summed E-state index contributed by atoms with van der Waals surface area (Å²) in [6.45, 7) is 6.52. The van der Waals surface area contributed by atoms with Gasteiger partial charge in [0.1, 0.15) is 0 Å². The van der Waals surface area contributed by atoms with Crippen LogP contribution in [0.1, 0.15) is 38.0 Å². The third-order valence-electron chi connectivity index (χ3n) is 2.48. The van der Waals surface area contributed by atoms with Crippen LogP contribution in [0.4, 0.5) is 5.69 Å². The molecule has 2 N–H and O–H groups in total. The van der Waals surface area contributed by atoms with Crippen LogP contribution in [0.25, 0.3) is 0 Å². The second-order valence-electron chi connectivity index (χ2n) is 5.42. The molecule has 1 aromatic carbocycles. The molecular formula is C14H19N3OS. The van der Waals surface area contributed by atoms with Gasteiger partial charge in [-0.3, -0.25) is 0 Å². The Morgan fingerprint density at radius 3 is 2.53 bits per heavy atom. The van der Waals surface area contributed by atoms with Crippen LogP contribution < -0.4 is 5.73 Å². The van der Waals surface area contributed by atoms with Crippen LogP contribution in [-0.2, 0) is 12.2 Å². The van der Waals surface area contributed by atoms with Gasteiger partial charge in [0.25, 0.3) is 0 Å². The van der Waals surface area contributed by atoms with Crippen molar-refractivity contribution in [1.82, 2.24) is 10.1 Å². The molecule has 1 heterocycles. The van der Waals surface area contributed by atoms with E-state index in [1.54, 1.807) is 11.8 Å². The van der Waals surface area contributed by atoms with Crippen molar-refractivity contribution >= 4 is 17.4 Å². The Labute approximate surface area is 117 Å². The Kier molecular flexibility index (Phi) is 4.14. The zero-order valence-electron chi connectivity index (χ0n) is 11.5. The van der Waals surface area contributed by atoms with E-state index in [4.69, 9.17) is 10.3 Å². The summed E-state index contributed by atoms with van der Waals surface area (Å²) in [5, 5.41) is 4.00. The highest BCUT2D eigenvalue weighted by Crippen LogP contribution is 2.26. The fourth-order valence-corrected chi connectivity index (χ4v) is 2.19. The van der Waals surface area contributed by atoms with Crippen molar-refractivity contribution in [1.29, 1.82) is 0 Å². The van der Waals surface area contributed by atoms with Gasteiger partial charge in [0.05, 0.1) is 12.2 Å². The first-order chi connectivity index (χ1) is 8.92. The number of hydrogen-bond donors (Lipinski definition) is 1. The molecule has 0 bridgehead atoms. The molecule has 0 fully saturated rings. The Hall–Kier alpha value is -1.49. The maximum Gasteiger partial charge on any atom is 0.231 e. The summed E-state index contributed by atoms with van der Waals surface area (Å²) in [4.78, 5) is 4.40. The van der Waals surface area contributed by atoms with Crippen molar-refractivity contribution in [3.05, 3.63) is 41.5 Å². The second-order valence-corrected chi connectivity index (χ2v) is 7.23. The molecule has 1 aromatic heterocycles. The molecule has 0 amide bonds. The summed E-state index contributed by atoms with van der Waals surface area (Å²) < 4.78 is 5.46. The zero-order valence-corrected chi connectivity index (χ0v) is 12.3. The largest absolute Gasteiger partial charge is 0.399 e. The van der Waals surface area contributed by atoms with E-state index in [9.17, 15) is 0 Å². The summed E-state index contributed by atoms with van der Waals surface area (Å²) >= 11 is 1.81. The standard InChI is InChI=1S/C14H19N3OS/c1-14(2,3)19-9-12-16-13(18-17-12)8-10-4-6-11(15)7-5-10/h4-7H,8-9,15H2,1-3H3. The summed E-state index contributed by atoms with van der Waals surface area (Å²) in [5.41, 5.74) is 7.53. The van der Waals surface area contributed by atoms with Crippen LogP contribution in [-0.4, -0.2) is 14.9 Å². The molecule has 0 saturated carbocycles. The molecule has 5 heteroatoms. The molecule has 0 spiro atoms. The normalized spacial score (nSPS) is 11.7. The molecule has 0 aliphatic heterocycles. The number of hydrogen-bond acceptors (Lipinski definition) is 5. The number of thioether (sulfide) groups is 1. The number of rotatable bonds is 4. The van der Waals surface area contributed by atoms with Gasteiger partial charge in [-0.2, -0.15) is 4.98 Å². The maximum atomic E-state index is 5.65. The lowest BCUT2D eigenvalue weighted by molar-refractivity contribution is 0.381. The lowest BCUT2D eigenvalue weighted by atomic mass is 10.1.